The summed E-state index contributed by atoms with van der Waals surface area (Å²) in [6.45, 7) is 0. The number of carbonyl (C=O) groups is 1. The predicted octanol–water partition coefficient (Wildman–Crippen LogP) is 3.10. The van der Waals surface area contributed by atoms with Gasteiger partial charge >= 0.3 is 5.97 Å². The summed E-state index contributed by atoms with van der Waals surface area (Å²) in [7, 11) is 2.98. The van der Waals surface area contributed by atoms with Crippen LogP contribution >= 0.6 is 0 Å². The van der Waals surface area contributed by atoms with E-state index >= 15 is 0 Å². The molecule has 2 heterocycles. The molecule has 0 radical (unpaired) electrons. The third-order valence-corrected chi connectivity index (χ3v) is 3.25. The Balaban J connectivity index is 1.86. The van der Waals surface area contributed by atoms with E-state index in [0.717, 1.165) is 22.5 Å². The van der Waals surface area contributed by atoms with Crippen molar-refractivity contribution >= 4 is 28.4 Å². The molecule has 0 fully saturated rings. The second-order valence-electron chi connectivity index (χ2n) is 4.69. The van der Waals surface area contributed by atoms with Crippen molar-refractivity contribution in [2.45, 2.75) is 0 Å². The highest BCUT2D eigenvalue weighted by atomic mass is 16.5. The number of fused-ring (bicyclic) bond motifs is 1. The van der Waals surface area contributed by atoms with Crippen LogP contribution in [0.25, 0.3) is 11.0 Å². The molecule has 0 unspecified atom stereocenters. The molecule has 2 aromatic heterocycles. The number of nitrogens with zero attached hydrogens (tertiary/aromatic N) is 1. The van der Waals surface area contributed by atoms with E-state index in [9.17, 15) is 4.79 Å². The fourth-order valence-corrected chi connectivity index (χ4v) is 2.14. The van der Waals surface area contributed by atoms with Gasteiger partial charge in [-0.15, -0.1) is 0 Å². The molecule has 0 atom stereocenters. The molecular weight excluding hydrogens is 282 g/mol. The number of aromatic amines is 1. The first-order chi connectivity index (χ1) is 10.7. The molecule has 0 amide bonds. The number of esters is 1. The minimum absolute atomic E-state index is 0.381. The zero-order valence-corrected chi connectivity index (χ0v) is 12.2. The number of ether oxygens (including phenoxy) is 2. The SMILES string of the molecule is COC(=O)c1cc2cc(Nc3ccc(OC)cc3)cnc2[nH]1. The number of carbonyl (C=O) groups excluding carboxylic acids is 1. The van der Waals surface area contributed by atoms with E-state index in [2.05, 4.69) is 20.0 Å². The Morgan fingerprint density at radius 3 is 2.59 bits per heavy atom. The van der Waals surface area contributed by atoms with E-state index in [4.69, 9.17) is 4.74 Å². The van der Waals surface area contributed by atoms with Crippen LogP contribution in [0.5, 0.6) is 5.75 Å². The monoisotopic (exact) mass is 297 g/mol. The first kappa shape index (κ1) is 13.9. The normalized spacial score (nSPS) is 10.5. The minimum atomic E-state index is -0.414. The summed E-state index contributed by atoms with van der Waals surface area (Å²) in [6.07, 6.45) is 1.70. The third kappa shape index (κ3) is 2.71. The van der Waals surface area contributed by atoms with Crippen molar-refractivity contribution < 1.29 is 14.3 Å². The number of hydrogen-bond acceptors (Lipinski definition) is 5. The molecule has 6 nitrogen and oxygen atoms in total. The Morgan fingerprint density at radius 2 is 1.91 bits per heavy atom. The number of H-pyrrole nitrogens is 1. The molecule has 22 heavy (non-hydrogen) atoms. The summed E-state index contributed by atoms with van der Waals surface area (Å²) in [5, 5.41) is 4.08. The third-order valence-electron chi connectivity index (χ3n) is 3.25. The number of benzene rings is 1. The van der Waals surface area contributed by atoms with Crippen LogP contribution in [0.4, 0.5) is 11.4 Å². The molecular formula is C16H15N3O3. The molecule has 0 aliphatic carbocycles. The van der Waals surface area contributed by atoms with Crippen molar-refractivity contribution in [2.24, 2.45) is 0 Å². The molecule has 0 saturated heterocycles. The highest BCUT2D eigenvalue weighted by Gasteiger charge is 2.10. The van der Waals surface area contributed by atoms with Crippen molar-refractivity contribution in [1.29, 1.82) is 0 Å². The zero-order valence-electron chi connectivity index (χ0n) is 12.2. The molecule has 0 bridgehead atoms. The fraction of sp³-hybridized carbons (Fsp3) is 0.125. The van der Waals surface area contributed by atoms with Gasteiger partial charge < -0.3 is 19.8 Å². The molecule has 6 heteroatoms. The predicted molar refractivity (Wildman–Crippen MR) is 83.7 cm³/mol. The van der Waals surface area contributed by atoms with E-state index in [1.54, 1.807) is 19.4 Å². The number of aromatic nitrogens is 2. The van der Waals surface area contributed by atoms with Crippen LogP contribution in [-0.4, -0.2) is 30.2 Å². The topological polar surface area (TPSA) is 76.2 Å². The van der Waals surface area contributed by atoms with Gasteiger partial charge in [-0.25, -0.2) is 9.78 Å². The summed E-state index contributed by atoms with van der Waals surface area (Å²) >= 11 is 0. The quantitative estimate of drug-likeness (QED) is 0.724. The maximum absolute atomic E-state index is 11.5. The molecule has 112 valence electrons. The lowest BCUT2D eigenvalue weighted by Crippen LogP contribution is -2.00. The second kappa shape index (κ2) is 5.77. The lowest BCUT2D eigenvalue weighted by molar-refractivity contribution is 0.0595. The molecule has 0 aliphatic rings. The summed E-state index contributed by atoms with van der Waals surface area (Å²) in [6, 6.07) is 11.2. The van der Waals surface area contributed by atoms with Crippen LogP contribution in [0.15, 0.2) is 42.6 Å². The summed E-state index contributed by atoms with van der Waals surface area (Å²) in [4.78, 5) is 18.7. The van der Waals surface area contributed by atoms with E-state index in [1.165, 1.54) is 7.11 Å². The molecule has 3 rings (SSSR count). The van der Waals surface area contributed by atoms with Gasteiger partial charge in [0.15, 0.2) is 0 Å². The van der Waals surface area contributed by atoms with Gasteiger partial charge in [0, 0.05) is 11.1 Å². The van der Waals surface area contributed by atoms with Gasteiger partial charge in [0.05, 0.1) is 26.1 Å². The number of pyridine rings is 1. The van der Waals surface area contributed by atoms with Crippen molar-refractivity contribution in [3.8, 4) is 5.75 Å². The smallest absolute Gasteiger partial charge is 0.354 e. The molecule has 0 saturated carbocycles. The van der Waals surface area contributed by atoms with Gasteiger partial charge in [0.25, 0.3) is 0 Å². The molecule has 2 N–H and O–H groups in total. The van der Waals surface area contributed by atoms with Crippen LogP contribution in [0.2, 0.25) is 0 Å². The lowest BCUT2D eigenvalue weighted by atomic mass is 10.2. The number of rotatable bonds is 4. The maximum atomic E-state index is 11.5. The lowest BCUT2D eigenvalue weighted by Gasteiger charge is -2.07. The molecule has 0 spiro atoms. The number of nitrogens with one attached hydrogen (secondary N) is 2. The summed E-state index contributed by atoms with van der Waals surface area (Å²) in [5.74, 6) is 0.384. The summed E-state index contributed by atoms with van der Waals surface area (Å²) < 4.78 is 9.81. The average Bonchev–Trinajstić information content (AvgIpc) is 2.98. The zero-order chi connectivity index (χ0) is 15.5. The van der Waals surface area contributed by atoms with Crippen LogP contribution in [-0.2, 0) is 4.74 Å². The second-order valence-corrected chi connectivity index (χ2v) is 4.69. The van der Waals surface area contributed by atoms with Crippen LogP contribution in [0, 0.1) is 0 Å². The van der Waals surface area contributed by atoms with Gasteiger partial charge in [-0.2, -0.15) is 0 Å². The Morgan fingerprint density at radius 1 is 1.14 bits per heavy atom. The minimum Gasteiger partial charge on any atom is -0.497 e. The maximum Gasteiger partial charge on any atom is 0.354 e. The molecule has 0 aliphatic heterocycles. The highest BCUT2D eigenvalue weighted by Crippen LogP contribution is 2.23. The van der Waals surface area contributed by atoms with Crippen molar-refractivity contribution in [3.63, 3.8) is 0 Å². The van der Waals surface area contributed by atoms with Crippen molar-refractivity contribution in [2.75, 3.05) is 19.5 Å². The van der Waals surface area contributed by atoms with Crippen LogP contribution in [0.1, 0.15) is 10.5 Å². The van der Waals surface area contributed by atoms with Gasteiger partial charge in [-0.05, 0) is 36.4 Å². The number of anilines is 2. The average molecular weight is 297 g/mol. The van der Waals surface area contributed by atoms with Gasteiger partial charge in [-0.3, -0.25) is 0 Å². The van der Waals surface area contributed by atoms with Gasteiger partial charge in [0.2, 0.25) is 0 Å². The van der Waals surface area contributed by atoms with Gasteiger partial charge in [-0.1, -0.05) is 0 Å². The first-order valence-corrected chi connectivity index (χ1v) is 6.68. The number of methoxy groups -OCH3 is 2. The largest absolute Gasteiger partial charge is 0.497 e. The fourth-order valence-electron chi connectivity index (χ4n) is 2.14. The van der Waals surface area contributed by atoms with Crippen molar-refractivity contribution in [1.82, 2.24) is 9.97 Å². The molecule has 1 aromatic carbocycles. The van der Waals surface area contributed by atoms with Crippen LogP contribution in [0.3, 0.4) is 0 Å². The Hall–Kier alpha value is -3.02. The van der Waals surface area contributed by atoms with E-state index < -0.39 is 5.97 Å². The van der Waals surface area contributed by atoms with Gasteiger partial charge in [0.1, 0.15) is 17.1 Å². The van der Waals surface area contributed by atoms with E-state index in [-0.39, 0.29) is 0 Å². The Kier molecular flexibility index (Phi) is 3.65. The van der Waals surface area contributed by atoms with Crippen LogP contribution < -0.4 is 10.1 Å². The van der Waals surface area contributed by atoms with Crippen molar-refractivity contribution in [3.05, 3.63) is 48.3 Å². The van der Waals surface area contributed by atoms with E-state index in [1.807, 2.05) is 30.3 Å². The highest BCUT2D eigenvalue weighted by molar-refractivity contribution is 5.94. The number of hydrogen-bond donors (Lipinski definition) is 2. The van der Waals surface area contributed by atoms with E-state index in [0.29, 0.717) is 11.3 Å². The first-order valence-electron chi connectivity index (χ1n) is 6.68. The Bertz CT molecular complexity index is 809. The molecule has 3 aromatic rings. The Labute approximate surface area is 127 Å². The standard InChI is InChI=1S/C16H15N3O3/c1-21-13-5-3-11(4-6-13)18-12-7-10-8-14(16(20)22-2)19-15(10)17-9-12/h3-9,18H,1-2H3,(H,17,19). The summed E-state index contributed by atoms with van der Waals surface area (Å²) in [5.41, 5.74) is 2.77.